The number of hydrogen-bond donors (Lipinski definition) is 1. The molecule has 1 amide bonds. The third-order valence-electron chi connectivity index (χ3n) is 7.77. The number of carbonyl (C=O) groups excluding carboxylic acids is 1. The lowest BCUT2D eigenvalue weighted by molar-refractivity contribution is -0.137. The van der Waals surface area contributed by atoms with Gasteiger partial charge >= 0.3 is 0 Å². The van der Waals surface area contributed by atoms with Crippen LogP contribution in [0.3, 0.4) is 0 Å². The van der Waals surface area contributed by atoms with Crippen molar-refractivity contribution in [2.45, 2.75) is 31.8 Å². The summed E-state index contributed by atoms with van der Waals surface area (Å²) < 4.78 is 10.6. The standard InChI is InChI=1S/C27H33N3O4/c1-33-17-25(32)29-11-8-27(9-12-29)18-30(15-20-5-3-4-10-28-20)24(16-31)23-14-19-13-21(34-2)6-7-22(19)26(23)27/h3-7,10,13,24,31H,8-9,11-12,14-18H2,1-2H3/t24-/m1/s1. The van der Waals surface area contributed by atoms with Crippen molar-refractivity contribution in [3.8, 4) is 5.75 Å². The number of aliphatic hydroxyl groups is 1. The second-order valence-corrected chi connectivity index (χ2v) is 9.62. The minimum atomic E-state index is -0.0700. The van der Waals surface area contributed by atoms with Crippen LogP contribution in [0.1, 0.15) is 29.7 Å². The van der Waals surface area contributed by atoms with Crippen LogP contribution in [-0.2, 0) is 22.5 Å². The molecule has 1 spiro atoms. The normalized spacial score (nSPS) is 21.5. The summed E-state index contributed by atoms with van der Waals surface area (Å²) in [5.74, 6) is 0.913. The summed E-state index contributed by atoms with van der Waals surface area (Å²) in [5.41, 5.74) is 6.18. The van der Waals surface area contributed by atoms with E-state index in [0.29, 0.717) is 19.6 Å². The molecule has 2 aromatic rings. The Bertz CT molecular complexity index is 1080. The SMILES string of the molecule is COCC(=O)N1CCC2(CC1)CN(Cc1ccccn1)[C@H](CO)C1=C2c2ccc(OC)cc2C1. The van der Waals surface area contributed by atoms with Crippen molar-refractivity contribution in [2.75, 3.05) is 47.1 Å². The van der Waals surface area contributed by atoms with Crippen LogP contribution < -0.4 is 4.74 Å². The van der Waals surface area contributed by atoms with Crippen molar-refractivity contribution in [3.63, 3.8) is 0 Å². The molecule has 0 radical (unpaired) electrons. The van der Waals surface area contributed by atoms with Crippen molar-refractivity contribution >= 4 is 11.5 Å². The molecule has 0 saturated carbocycles. The fourth-order valence-corrected chi connectivity index (χ4v) is 6.16. The quantitative estimate of drug-likeness (QED) is 0.710. The number of fused-ring (bicyclic) bond motifs is 3. The molecule has 0 bridgehead atoms. The minimum Gasteiger partial charge on any atom is -0.497 e. The van der Waals surface area contributed by atoms with E-state index in [9.17, 15) is 9.90 Å². The molecular formula is C27H33N3O4. The molecule has 3 aliphatic rings. The smallest absolute Gasteiger partial charge is 0.248 e. The Balaban J connectivity index is 1.52. The van der Waals surface area contributed by atoms with Crippen LogP contribution in [-0.4, -0.2) is 78.9 Å². The number of amides is 1. The summed E-state index contributed by atoms with van der Waals surface area (Å²) in [5, 5.41) is 10.5. The van der Waals surface area contributed by atoms with Gasteiger partial charge in [-0.1, -0.05) is 12.1 Å². The average Bonchev–Trinajstić information content (AvgIpc) is 3.25. The molecule has 5 rings (SSSR count). The summed E-state index contributed by atoms with van der Waals surface area (Å²) in [7, 11) is 3.26. The molecule has 1 aromatic heterocycles. The molecule has 34 heavy (non-hydrogen) atoms. The van der Waals surface area contributed by atoms with Crippen LogP contribution >= 0.6 is 0 Å². The monoisotopic (exact) mass is 463 g/mol. The molecule has 1 aromatic carbocycles. The van der Waals surface area contributed by atoms with Crippen molar-refractivity contribution in [2.24, 2.45) is 5.41 Å². The summed E-state index contributed by atoms with van der Waals surface area (Å²) in [6.45, 7) is 3.16. The lowest BCUT2D eigenvalue weighted by Crippen LogP contribution is -2.55. The predicted octanol–water partition coefficient (Wildman–Crippen LogP) is 2.53. The molecule has 2 aliphatic heterocycles. The number of rotatable bonds is 6. The van der Waals surface area contributed by atoms with Gasteiger partial charge in [0.15, 0.2) is 0 Å². The lowest BCUT2D eigenvalue weighted by atomic mass is 9.66. The first-order chi connectivity index (χ1) is 16.6. The number of likely N-dealkylation sites (tertiary alicyclic amines) is 1. The highest BCUT2D eigenvalue weighted by atomic mass is 16.5. The number of piperidine rings is 1. The Hall–Kier alpha value is -2.74. The highest BCUT2D eigenvalue weighted by Gasteiger charge is 2.49. The second-order valence-electron chi connectivity index (χ2n) is 9.62. The van der Waals surface area contributed by atoms with E-state index in [1.807, 2.05) is 35.4 Å². The number of aromatic nitrogens is 1. The first-order valence-electron chi connectivity index (χ1n) is 12.0. The molecule has 1 aliphatic carbocycles. The first kappa shape index (κ1) is 23.0. The van der Waals surface area contributed by atoms with Gasteiger partial charge in [0.1, 0.15) is 12.4 Å². The third kappa shape index (κ3) is 4.02. The van der Waals surface area contributed by atoms with E-state index in [2.05, 4.69) is 22.0 Å². The maximum absolute atomic E-state index is 12.5. The van der Waals surface area contributed by atoms with Crippen molar-refractivity contribution in [1.82, 2.24) is 14.8 Å². The zero-order valence-electron chi connectivity index (χ0n) is 20.0. The van der Waals surface area contributed by atoms with Crippen LogP contribution in [0.15, 0.2) is 48.2 Å². The van der Waals surface area contributed by atoms with E-state index in [0.717, 1.165) is 37.3 Å². The van der Waals surface area contributed by atoms with Gasteiger partial charge in [-0.25, -0.2) is 0 Å². The number of nitrogens with zero attached hydrogens (tertiary/aromatic N) is 3. The highest BCUT2D eigenvalue weighted by Crippen LogP contribution is 2.55. The summed E-state index contributed by atoms with van der Waals surface area (Å²) in [6.07, 6.45) is 4.43. The fraction of sp³-hybridized carbons (Fsp3) is 0.481. The maximum atomic E-state index is 12.5. The molecule has 1 N–H and O–H groups in total. The van der Waals surface area contributed by atoms with E-state index in [1.165, 1.54) is 22.3 Å². The van der Waals surface area contributed by atoms with Crippen molar-refractivity contribution in [1.29, 1.82) is 0 Å². The van der Waals surface area contributed by atoms with Crippen molar-refractivity contribution < 1.29 is 19.4 Å². The number of carbonyl (C=O) groups is 1. The first-order valence-corrected chi connectivity index (χ1v) is 12.0. The van der Waals surface area contributed by atoms with E-state index in [4.69, 9.17) is 9.47 Å². The van der Waals surface area contributed by atoms with Gasteiger partial charge < -0.3 is 19.5 Å². The summed E-state index contributed by atoms with van der Waals surface area (Å²) in [6, 6.07) is 12.3. The number of benzene rings is 1. The van der Waals surface area contributed by atoms with Gasteiger partial charge in [0.05, 0.1) is 25.5 Å². The van der Waals surface area contributed by atoms with Gasteiger partial charge in [0, 0.05) is 44.9 Å². The van der Waals surface area contributed by atoms with Gasteiger partial charge in [-0.2, -0.15) is 0 Å². The highest BCUT2D eigenvalue weighted by molar-refractivity contribution is 5.83. The summed E-state index contributed by atoms with van der Waals surface area (Å²) >= 11 is 0. The van der Waals surface area contributed by atoms with E-state index < -0.39 is 0 Å². The van der Waals surface area contributed by atoms with E-state index in [-0.39, 0.29) is 30.6 Å². The number of ether oxygens (including phenoxy) is 2. The Morgan fingerprint density at radius 3 is 2.71 bits per heavy atom. The van der Waals surface area contributed by atoms with Gasteiger partial charge in [0.2, 0.25) is 5.91 Å². The van der Waals surface area contributed by atoms with E-state index >= 15 is 0 Å². The number of pyridine rings is 1. The third-order valence-corrected chi connectivity index (χ3v) is 7.77. The van der Waals surface area contributed by atoms with Gasteiger partial charge in [0.25, 0.3) is 0 Å². The molecule has 180 valence electrons. The Kier molecular flexibility index (Phi) is 6.42. The molecule has 1 fully saturated rings. The molecule has 0 unspecified atom stereocenters. The maximum Gasteiger partial charge on any atom is 0.248 e. The molecule has 7 nitrogen and oxygen atoms in total. The van der Waals surface area contributed by atoms with Crippen LogP contribution in [0.4, 0.5) is 0 Å². The largest absolute Gasteiger partial charge is 0.497 e. The topological polar surface area (TPSA) is 75.1 Å². The molecule has 3 heterocycles. The molecular weight excluding hydrogens is 430 g/mol. The Labute approximate surface area is 201 Å². The molecule has 1 atom stereocenters. The molecule has 7 heteroatoms. The minimum absolute atomic E-state index is 0.0471. The van der Waals surface area contributed by atoms with Gasteiger partial charge in [-0.3, -0.25) is 14.7 Å². The number of aliphatic hydroxyl groups excluding tert-OH is 1. The number of methoxy groups -OCH3 is 2. The zero-order chi connectivity index (χ0) is 23.7. The Morgan fingerprint density at radius 2 is 2.03 bits per heavy atom. The van der Waals surface area contributed by atoms with Crippen LogP contribution in [0.2, 0.25) is 0 Å². The van der Waals surface area contributed by atoms with Gasteiger partial charge in [-0.15, -0.1) is 0 Å². The lowest BCUT2D eigenvalue weighted by Gasteiger charge is -2.51. The van der Waals surface area contributed by atoms with Crippen LogP contribution in [0.5, 0.6) is 5.75 Å². The fourth-order valence-electron chi connectivity index (χ4n) is 6.16. The summed E-state index contributed by atoms with van der Waals surface area (Å²) in [4.78, 5) is 21.4. The average molecular weight is 464 g/mol. The second kappa shape index (κ2) is 9.49. The van der Waals surface area contributed by atoms with E-state index in [1.54, 1.807) is 14.2 Å². The van der Waals surface area contributed by atoms with Gasteiger partial charge in [-0.05, 0) is 65.8 Å². The number of hydrogen-bond acceptors (Lipinski definition) is 6. The van der Waals surface area contributed by atoms with Crippen LogP contribution in [0, 0.1) is 5.41 Å². The van der Waals surface area contributed by atoms with Crippen LogP contribution in [0.25, 0.3) is 5.57 Å². The Morgan fingerprint density at radius 1 is 1.21 bits per heavy atom. The molecule has 1 saturated heterocycles. The van der Waals surface area contributed by atoms with Crippen molar-refractivity contribution in [3.05, 3.63) is 65.0 Å². The predicted molar refractivity (Wildman–Crippen MR) is 129 cm³/mol. The zero-order valence-corrected chi connectivity index (χ0v) is 20.0.